The van der Waals surface area contributed by atoms with Gasteiger partial charge in [0.15, 0.2) is 17.1 Å². The van der Waals surface area contributed by atoms with Crippen molar-refractivity contribution in [3.63, 3.8) is 0 Å². The lowest BCUT2D eigenvalue weighted by Crippen LogP contribution is -1.86. The van der Waals surface area contributed by atoms with Gasteiger partial charge >= 0.3 is 0 Å². The summed E-state index contributed by atoms with van der Waals surface area (Å²) < 4.78 is 31.7. The van der Waals surface area contributed by atoms with Crippen molar-refractivity contribution in [1.82, 2.24) is 4.98 Å². The van der Waals surface area contributed by atoms with Crippen LogP contribution in [0.3, 0.4) is 0 Å². The summed E-state index contributed by atoms with van der Waals surface area (Å²) in [5.74, 6) is -2.55. The highest BCUT2D eigenvalue weighted by Gasteiger charge is 2.16. The van der Waals surface area contributed by atoms with Crippen LogP contribution in [0.15, 0.2) is 40.8 Å². The molecule has 0 saturated heterocycles. The van der Waals surface area contributed by atoms with Crippen molar-refractivity contribution in [2.75, 3.05) is 0 Å². The Kier molecular flexibility index (Phi) is 2.26. The zero-order valence-electron chi connectivity index (χ0n) is 9.02. The molecule has 0 fully saturated rings. The molecule has 1 aromatic heterocycles. The molecule has 0 aliphatic heterocycles. The van der Waals surface area contributed by atoms with Crippen molar-refractivity contribution in [2.24, 2.45) is 0 Å². The number of fused-ring (bicyclic) bond motifs is 1. The number of aromatic hydroxyl groups is 1. The first-order valence-corrected chi connectivity index (χ1v) is 5.19. The molecule has 0 amide bonds. The molecule has 0 bridgehead atoms. The van der Waals surface area contributed by atoms with E-state index in [1.54, 1.807) is 24.3 Å². The number of aromatic nitrogens is 1. The molecule has 0 unspecified atom stereocenters. The molecule has 3 aromatic rings. The van der Waals surface area contributed by atoms with Crippen molar-refractivity contribution in [3.8, 4) is 17.2 Å². The van der Waals surface area contributed by atoms with Gasteiger partial charge in [0.2, 0.25) is 5.89 Å². The van der Waals surface area contributed by atoms with E-state index in [9.17, 15) is 13.9 Å². The molecule has 2 aromatic carbocycles. The molecular formula is C13H7F2NO2. The third kappa shape index (κ3) is 1.60. The fourth-order valence-corrected chi connectivity index (χ4v) is 1.72. The summed E-state index contributed by atoms with van der Waals surface area (Å²) in [7, 11) is 0. The highest BCUT2D eigenvalue weighted by Crippen LogP contribution is 2.33. The average molecular weight is 247 g/mol. The standard InChI is InChI=1S/C13H7F2NO2/c14-7-5-8(12(17)9(15)6-7)13-16-10-3-1-2-4-11(10)18-13/h1-6,17H. The number of halogens is 2. The fourth-order valence-electron chi connectivity index (χ4n) is 1.72. The van der Waals surface area contributed by atoms with Gasteiger partial charge in [-0.25, -0.2) is 13.8 Å². The lowest BCUT2D eigenvalue weighted by molar-refractivity contribution is 0.427. The van der Waals surface area contributed by atoms with E-state index in [2.05, 4.69) is 4.98 Å². The molecule has 0 saturated carbocycles. The maximum Gasteiger partial charge on any atom is 0.231 e. The minimum atomic E-state index is -1.05. The quantitative estimate of drug-likeness (QED) is 0.716. The smallest absolute Gasteiger partial charge is 0.231 e. The van der Waals surface area contributed by atoms with Crippen molar-refractivity contribution in [2.45, 2.75) is 0 Å². The van der Waals surface area contributed by atoms with Crippen LogP contribution in [0, 0.1) is 11.6 Å². The highest BCUT2D eigenvalue weighted by atomic mass is 19.1. The minimum absolute atomic E-state index is 0.0212. The molecule has 3 nitrogen and oxygen atoms in total. The summed E-state index contributed by atoms with van der Waals surface area (Å²) >= 11 is 0. The number of rotatable bonds is 1. The predicted molar refractivity (Wildman–Crippen MR) is 61.0 cm³/mol. The maximum absolute atomic E-state index is 13.2. The zero-order valence-corrected chi connectivity index (χ0v) is 9.02. The Morgan fingerprint density at radius 2 is 1.89 bits per heavy atom. The van der Waals surface area contributed by atoms with Crippen LogP contribution in [-0.2, 0) is 0 Å². The van der Waals surface area contributed by atoms with Crippen LogP contribution < -0.4 is 0 Å². The van der Waals surface area contributed by atoms with E-state index < -0.39 is 17.4 Å². The van der Waals surface area contributed by atoms with Crippen LogP contribution >= 0.6 is 0 Å². The molecule has 1 heterocycles. The average Bonchev–Trinajstić information content (AvgIpc) is 2.77. The van der Waals surface area contributed by atoms with Crippen molar-refractivity contribution >= 4 is 11.1 Å². The molecule has 3 rings (SSSR count). The Hall–Kier alpha value is -2.43. The Bertz CT molecular complexity index is 704. The number of hydrogen-bond acceptors (Lipinski definition) is 3. The number of oxazole rings is 1. The number of nitrogens with zero attached hydrogens (tertiary/aromatic N) is 1. The van der Waals surface area contributed by atoms with Crippen molar-refractivity contribution < 1.29 is 18.3 Å². The molecular weight excluding hydrogens is 240 g/mol. The van der Waals surface area contributed by atoms with Gasteiger partial charge < -0.3 is 9.52 Å². The lowest BCUT2D eigenvalue weighted by Gasteiger charge is -2.01. The van der Waals surface area contributed by atoms with Gasteiger partial charge in [-0.2, -0.15) is 0 Å². The van der Waals surface area contributed by atoms with E-state index in [-0.39, 0.29) is 11.5 Å². The summed E-state index contributed by atoms with van der Waals surface area (Å²) in [6.45, 7) is 0. The van der Waals surface area contributed by atoms with Gasteiger partial charge in [-0.1, -0.05) is 12.1 Å². The van der Waals surface area contributed by atoms with Crippen LogP contribution in [0.25, 0.3) is 22.6 Å². The van der Waals surface area contributed by atoms with Crippen molar-refractivity contribution in [3.05, 3.63) is 48.0 Å². The van der Waals surface area contributed by atoms with E-state index in [0.717, 1.165) is 6.07 Å². The molecule has 0 aliphatic rings. The highest BCUT2D eigenvalue weighted by molar-refractivity contribution is 5.77. The molecule has 90 valence electrons. The Morgan fingerprint density at radius 1 is 1.11 bits per heavy atom. The summed E-state index contributed by atoms with van der Waals surface area (Å²) in [5, 5.41) is 9.56. The topological polar surface area (TPSA) is 46.3 Å². The maximum atomic E-state index is 13.2. The Morgan fingerprint density at radius 3 is 2.67 bits per heavy atom. The Labute approximate surface area is 100 Å². The second kappa shape index (κ2) is 3.80. The number of benzene rings is 2. The van der Waals surface area contributed by atoms with Gasteiger partial charge in [0.05, 0.1) is 5.56 Å². The zero-order chi connectivity index (χ0) is 12.7. The summed E-state index contributed by atoms with van der Waals surface area (Å²) in [6, 6.07) is 8.47. The lowest BCUT2D eigenvalue weighted by atomic mass is 10.2. The van der Waals surface area contributed by atoms with E-state index in [1.807, 2.05) is 0 Å². The third-order valence-electron chi connectivity index (χ3n) is 2.55. The number of hydrogen-bond donors (Lipinski definition) is 1. The molecule has 0 spiro atoms. The van der Waals surface area contributed by atoms with Gasteiger partial charge in [0, 0.05) is 6.07 Å². The summed E-state index contributed by atoms with van der Waals surface area (Å²) in [5.41, 5.74) is 0.928. The van der Waals surface area contributed by atoms with Gasteiger partial charge in [-0.05, 0) is 18.2 Å². The van der Waals surface area contributed by atoms with E-state index >= 15 is 0 Å². The van der Waals surface area contributed by atoms with Crippen LogP contribution in [-0.4, -0.2) is 10.1 Å². The van der Waals surface area contributed by atoms with Crippen LogP contribution in [0.2, 0.25) is 0 Å². The molecule has 0 radical (unpaired) electrons. The largest absolute Gasteiger partial charge is 0.504 e. The second-order valence-electron chi connectivity index (χ2n) is 3.77. The molecule has 0 aliphatic carbocycles. The first-order valence-electron chi connectivity index (χ1n) is 5.19. The van der Waals surface area contributed by atoms with Crippen molar-refractivity contribution in [1.29, 1.82) is 0 Å². The normalized spacial score (nSPS) is 11.0. The molecule has 1 N–H and O–H groups in total. The minimum Gasteiger partial charge on any atom is -0.504 e. The van der Waals surface area contributed by atoms with E-state index in [1.165, 1.54) is 0 Å². The van der Waals surface area contributed by atoms with Gasteiger partial charge in [-0.15, -0.1) is 0 Å². The monoisotopic (exact) mass is 247 g/mol. The first-order chi connectivity index (χ1) is 8.65. The van der Waals surface area contributed by atoms with Gasteiger partial charge in [0.25, 0.3) is 0 Å². The first kappa shape index (κ1) is 10.7. The van der Waals surface area contributed by atoms with Crippen LogP contribution in [0.4, 0.5) is 8.78 Å². The Balaban J connectivity index is 2.26. The SMILES string of the molecule is Oc1c(F)cc(F)cc1-c1nc2ccccc2o1. The number of para-hydroxylation sites is 2. The van der Waals surface area contributed by atoms with Gasteiger partial charge in [-0.3, -0.25) is 0 Å². The summed E-state index contributed by atoms with van der Waals surface area (Å²) in [4.78, 5) is 4.07. The predicted octanol–water partition coefficient (Wildman–Crippen LogP) is 3.48. The van der Waals surface area contributed by atoms with E-state index in [0.29, 0.717) is 17.2 Å². The van der Waals surface area contributed by atoms with Gasteiger partial charge in [0.1, 0.15) is 11.3 Å². The number of phenols is 1. The molecule has 0 atom stereocenters. The second-order valence-corrected chi connectivity index (χ2v) is 3.77. The van der Waals surface area contributed by atoms with E-state index in [4.69, 9.17) is 4.42 Å². The fraction of sp³-hybridized carbons (Fsp3) is 0. The number of phenolic OH excluding ortho intramolecular Hbond substituents is 1. The molecule has 5 heteroatoms. The van der Waals surface area contributed by atoms with Crippen LogP contribution in [0.1, 0.15) is 0 Å². The molecule has 18 heavy (non-hydrogen) atoms. The third-order valence-corrected chi connectivity index (χ3v) is 2.55. The van der Waals surface area contributed by atoms with Crippen LogP contribution in [0.5, 0.6) is 5.75 Å². The summed E-state index contributed by atoms with van der Waals surface area (Å²) in [6.07, 6.45) is 0.